The smallest absolute Gasteiger partial charge is 0.0618 e. The van der Waals surface area contributed by atoms with Crippen LogP contribution in [0, 0.1) is 0 Å². The molecular formula is C32H22BrN. The minimum Gasteiger partial charge on any atom is -0.309 e. The van der Waals surface area contributed by atoms with Gasteiger partial charge in [0.15, 0.2) is 0 Å². The van der Waals surface area contributed by atoms with Gasteiger partial charge in [0.1, 0.15) is 0 Å². The fourth-order valence-electron chi connectivity index (χ4n) is 4.84. The molecule has 6 aromatic carbocycles. The highest BCUT2D eigenvalue weighted by Crippen LogP contribution is 2.47. The highest BCUT2D eigenvalue weighted by molar-refractivity contribution is 9.10. The fraction of sp³-hybridized carbons (Fsp3) is 0. The summed E-state index contributed by atoms with van der Waals surface area (Å²) in [6, 6.07) is 47.4. The monoisotopic (exact) mass is 499 g/mol. The minimum atomic E-state index is 1.07. The molecule has 0 aliphatic rings. The molecule has 162 valence electrons. The van der Waals surface area contributed by atoms with E-state index in [0.29, 0.717) is 0 Å². The molecule has 6 rings (SSSR count). The average Bonchev–Trinajstić information content (AvgIpc) is 2.90. The lowest BCUT2D eigenvalue weighted by atomic mass is 9.90. The predicted molar refractivity (Wildman–Crippen MR) is 149 cm³/mol. The number of hydrogen-bond donors (Lipinski definition) is 0. The molecule has 0 aliphatic heterocycles. The van der Waals surface area contributed by atoms with Gasteiger partial charge in [0.25, 0.3) is 0 Å². The Kier molecular flexibility index (Phi) is 5.37. The van der Waals surface area contributed by atoms with E-state index < -0.39 is 0 Å². The summed E-state index contributed by atoms with van der Waals surface area (Å²) in [5, 5.41) is 4.96. The van der Waals surface area contributed by atoms with E-state index in [0.717, 1.165) is 15.8 Å². The van der Waals surface area contributed by atoms with Gasteiger partial charge in [-0.3, -0.25) is 0 Å². The van der Waals surface area contributed by atoms with E-state index in [1.807, 2.05) is 0 Å². The van der Waals surface area contributed by atoms with Gasteiger partial charge in [0.2, 0.25) is 0 Å². The van der Waals surface area contributed by atoms with Crippen molar-refractivity contribution in [3.63, 3.8) is 0 Å². The third-order valence-electron chi connectivity index (χ3n) is 6.29. The Bertz CT molecular complexity index is 1530. The van der Waals surface area contributed by atoms with Crippen molar-refractivity contribution in [3.8, 4) is 11.1 Å². The Hall–Kier alpha value is -3.88. The lowest BCUT2D eigenvalue weighted by molar-refractivity contribution is 1.31. The van der Waals surface area contributed by atoms with Crippen molar-refractivity contribution in [2.75, 3.05) is 4.90 Å². The number of hydrogen-bond acceptors (Lipinski definition) is 1. The summed E-state index contributed by atoms with van der Waals surface area (Å²) >= 11 is 3.60. The molecule has 0 saturated carbocycles. The Morgan fingerprint density at radius 2 is 0.853 bits per heavy atom. The number of halogens is 1. The lowest BCUT2D eigenvalue weighted by Gasteiger charge is -2.29. The molecule has 0 aromatic heterocycles. The van der Waals surface area contributed by atoms with Crippen molar-refractivity contribution in [1.29, 1.82) is 0 Å². The van der Waals surface area contributed by atoms with E-state index in [-0.39, 0.29) is 0 Å². The van der Waals surface area contributed by atoms with Gasteiger partial charge in [0, 0.05) is 26.6 Å². The van der Waals surface area contributed by atoms with Crippen molar-refractivity contribution in [2.24, 2.45) is 0 Å². The van der Waals surface area contributed by atoms with Crippen LogP contribution in [0.15, 0.2) is 138 Å². The Balaban J connectivity index is 1.77. The molecule has 0 heterocycles. The second-order valence-corrected chi connectivity index (χ2v) is 9.24. The zero-order valence-electron chi connectivity index (χ0n) is 18.5. The maximum atomic E-state index is 3.60. The minimum absolute atomic E-state index is 1.07. The topological polar surface area (TPSA) is 3.24 Å². The normalized spacial score (nSPS) is 11.1. The van der Waals surface area contributed by atoms with Crippen LogP contribution in [0.2, 0.25) is 0 Å². The summed E-state index contributed by atoms with van der Waals surface area (Å²) in [4.78, 5) is 2.38. The summed E-state index contributed by atoms with van der Waals surface area (Å²) in [5.41, 5.74) is 5.96. The number of anilines is 3. The molecule has 0 spiro atoms. The summed E-state index contributed by atoms with van der Waals surface area (Å²) < 4.78 is 1.07. The molecule has 2 heteroatoms. The second kappa shape index (κ2) is 8.81. The Morgan fingerprint density at radius 1 is 0.412 bits per heavy atom. The van der Waals surface area contributed by atoms with Crippen molar-refractivity contribution in [2.45, 2.75) is 0 Å². The standard InChI is InChI=1S/C32H22BrN/c33-24-19-21-26(22-20-24)34(25-13-5-2-6-14-25)32-29-17-9-7-15-27(29)31(23-11-3-1-4-12-23)28-16-8-10-18-30(28)32/h1-22H. The first-order valence-electron chi connectivity index (χ1n) is 11.4. The zero-order valence-corrected chi connectivity index (χ0v) is 20.1. The largest absolute Gasteiger partial charge is 0.309 e. The van der Waals surface area contributed by atoms with Crippen LogP contribution in [0.1, 0.15) is 0 Å². The van der Waals surface area contributed by atoms with Gasteiger partial charge in [-0.2, -0.15) is 0 Å². The predicted octanol–water partition coefficient (Wildman–Crippen LogP) is 9.89. The first-order chi connectivity index (χ1) is 16.8. The third-order valence-corrected chi connectivity index (χ3v) is 6.82. The SMILES string of the molecule is Brc1ccc(N(c2ccccc2)c2c3ccccc3c(-c3ccccc3)c3ccccc23)cc1. The fourth-order valence-corrected chi connectivity index (χ4v) is 5.10. The van der Waals surface area contributed by atoms with Crippen LogP contribution in [-0.4, -0.2) is 0 Å². The van der Waals surface area contributed by atoms with Gasteiger partial charge in [0.05, 0.1) is 5.69 Å². The van der Waals surface area contributed by atoms with Crippen LogP contribution in [0.3, 0.4) is 0 Å². The Labute approximate surface area is 208 Å². The van der Waals surface area contributed by atoms with Crippen molar-refractivity contribution < 1.29 is 0 Å². The quantitative estimate of drug-likeness (QED) is 0.218. The van der Waals surface area contributed by atoms with Crippen LogP contribution in [-0.2, 0) is 0 Å². The lowest BCUT2D eigenvalue weighted by Crippen LogP contribution is -2.11. The van der Waals surface area contributed by atoms with Crippen molar-refractivity contribution in [1.82, 2.24) is 0 Å². The maximum absolute atomic E-state index is 3.60. The van der Waals surface area contributed by atoms with E-state index in [4.69, 9.17) is 0 Å². The van der Waals surface area contributed by atoms with Gasteiger partial charge in [-0.25, -0.2) is 0 Å². The van der Waals surface area contributed by atoms with E-state index >= 15 is 0 Å². The van der Waals surface area contributed by atoms with E-state index in [1.165, 1.54) is 38.4 Å². The van der Waals surface area contributed by atoms with Gasteiger partial charge in [-0.05, 0) is 58.3 Å². The molecule has 6 aromatic rings. The van der Waals surface area contributed by atoms with Crippen LogP contribution >= 0.6 is 15.9 Å². The van der Waals surface area contributed by atoms with Crippen LogP contribution in [0.25, 0.3) is 32.7 Å². The summed E-state index contributed by atoms with van der Waals surface area (Å²) in [6.07, 6.45) is 0. The van der Waals surface area contributed by atoms with Crippen LogP contribution in [0.4, 0.5) is 17.1 Å². The number of rotatable bonds is 4. The second-order valence-electron chi connectivity index (χ2n) is 8.33. The molecule has 0 amide bonds. The summed E-state index contributed by atoms with van der Waals surface area (Å²) in [6.45, 7) is 0. The summed E-state index contributed by atoms with van der Waals surface area (Å²) in [5.74, 6) is 0. The van der Waals surface area contributed by atoms with Crippen LogP contribution < -0.4 is 4.90 Å². The number of benzene rings is 6. The number of nitrogens with zero attached hydrogens (tertiary/aromatic N) is 1. The van der Waals surface area contributed by atoms with Gasteiger partial charge in [-0.1, -0.05) is 113 Å². The molecular weight excluding hydrogens is 478 g/mol. The number of para-hydroxylation sites is 1. The van der Waals surface area contributed by atoms with Gasteiger partial charge >= 0.3 is 0 Å². The van der Waals surface area contributed by atoms with E-state index in [1.54, 1.807) is 0 Å². The number of fused-ring (bicyclic) bond motifs is 2. The maximum Gasteiger partial charge on any atom is 0.0618 e. The third kappa shape index (κ3) is 3.57. The van der Waals surface area contributed by atoms with E-state index in [2.05, 4.69) is 154 Å². The first-order valence-corrected chi connectivity index (χ1v) is 12.2. The molecule has 0 bridgehead atoms. The zero-order chi connectivity index (χ0) is 22.9. The van der Waals surface area contributed by atoms with E-state index in [9.17, 15) is 0 Å². The molecule has 0 N–H and O–H groups in total. The Morgan fingerprint density at radius 3 is 1.41 bits per heavy atom. The molecule has 0 atom stereocenters. The molecule has 0 unspecified atom stereocenters. The van der Waals surface area contributed by atoms with Crippen molar-refractivity contribution >= 4 is 54.5 Å². The molecule has 0 saturated heterocycles. The van der Waals surface area contributed by atoms with Gasteiger partial charge in [-0.15, -0.1) is 0 Å². The molecule has 0 fully saturated rings. The highest BCUT2D eigenvalue weighted by atomic mass is 79.9. The van der Waals surface area contributed by atoms with Crippen LogP contribution in [0.5, 0.6) is 0 Å². The van der Waals surface area contributed by atoms with Crippen molar-refractivity contribution in [3.05, 3.63) is 138 Å². The van der Waals surface area contributed by atoms with Gasteiger partial charge < -0.3 is 4.90 Å². The first kappa shape index (κ1) is 20.7. The molecule has 1 nitrogen and oxygen atoms in total. The highest BCUT2D eigenvalue weighted by Gasteiger charge is 2.21. The molecule has 34 heavy (non-hydrogen) atoms. The average molecular weight is 500 g/mol. The molecule has 0 radical (unpaired) electrons. The molecule has 0 aliphatic carbocycles. The summed E-state index contributed by atoms with van der Waals surface area (Å²) in [7, 11) is 0.